The van der Waals surface area contributed by atoms with Crippen LogP contribution in [0.1, 0.15) is 23.6 Å². The lowest BCUT2D eigenvalue weighted by Gasteiger charge is -2.08. The van der Waals surface area contributed by atoms with E-state index in [9.17, 15) is 0 Å². The zero-order chi connectivity index (χ0) is 9.97. The van der Waals surface area contributed by atoms with Crippen LogP contribution in [0.4, 0.5) is 0 Å². The fraction of sp³-hybridized carbons (Fsp3) is 0.636. The highest BCUT2D eigenvalue weighted by molar-refractivity contribution is 5.10. The summed E-state index contributed by atoms with van der Waals surface area (Å²) in [7, 11) is 0. The van der Waals surface area contributed by atoms with Crippen molar-refractivity contribution in [1.29, 1.82) is 0 Å². The van der Waals surface area contributed by atoms with Gasteiger partial charge in [0, 0.05) is 11.4 Å². The second-order valence-corrected chi connectivity index (χ2v) is 4.11. The molecule has 0 amide bonds. The van der Waals surface area contributed by atoms with Crippen LogP contribution >= 0.6 is 0 Å². The lowest BCUT2D eigenvalue weighted by molar-refractivity contribution is 0.569. The zero-order valence-electron chi connectivity index (χ0n) is 8.88. The number of aromatic nitrogens is 2. The van der Waals surface area contributed by atoms with Gasteiger partial charge in [0.15, 0.2) is 0 Å². The third kappa shape index (κ3) is 2.29. The molecule has 1 atom stereocenters. The van der Waals surface area contributed by atoms with Gasteiger partial charge in [0.25, 0.3) is 0 Å². The monoisotopic (exact) mass is 191 g/mol. The SMILES string of the molecule is Cc1cc(CC2CCNC2)nc(C)n1. The topological polar surface area (TPSA) is 37.8 Å². The van der Waals surface area contributed by atoms with Crippen LogP contribution in [0.5, 0.6) is 0 Å². The van der Waals surface area contributed by atoms with E-state index in [1.54, 1.807) is 0 Å². The molecule has 1 aromatic rings. The third-order valence-electron chi connectivity index (χ3n) is 2.68. The molecule has 0 aliphatic carbocycles. The Morgan fingerprint density at radius 2 is 2.29 bits per heavy atom. The van der Waals surface area contributed by atoms with Crippen molar-refractivity contribution in [2.45, 2.75) is 26.7 Å². The van der Waals surface area contributed by atoms with Crippen molar-refractivity contribution in [2.75, 3.05) is 13.1 Å². The van der Waals surface area contributed by atoms with Crippen molar-refractivity contribution < 1.29 is 0 Å². The number of nitrogens with one attached hydrogen (secondary N) is 1. The number of nitrogens with zero attached hydrogens (tertiary/aromatic N) is 2. The summed E-state index contributed by atoms with van der Waals surface area (Å²) in [4.78, 5) is 8.74. The van der Waals surface area contributed by atoms with Crippen LogP contribution in [-0.2, 0) is 6.42 Å². The van der Waals surface area contributed by atoms with E-state index >= 15 is 0 Å². The third-order valence-corrected chi connectivity index (χ3v) is 2.68. The Hall–Kier alpha value is -0.960. The minimum atomic E-state index is 0.767. The average Bonchev–Trinajstić information content (AvgIpc) is 2.54. The van der Waals surface area contributed by atoms with E-state index in [1.807, 2.05) is 13.8 Å². The molecule has 2 heterocycles. The first-order valence-electron chi connectivity index (χ1n) is 5.26. The van der Waals surface area contributed by atoms with E-state index in [2.05, 4.69) is 21.4 Å². The number of hydrogen-bond acceptors (Lipinski definition) is 3. The Bertz CT molecular complexity index is 296. The van der Waals surface area contributed by atoms with Crippen LogP contribution in [-0.4, -0.2) is 23.1 Å². The van der Waals surface area contributed by atoms with Crippen LogP contribution in [0.15, 0.2) is 6.07 Å². The molecule has 14 heavy (non-hydrogen) atoms. The summed E-state index contributed by atoms with van der Waals surface area (Å²) < 4.78 is 0. The summed E-state index contributed by atoms with van der Waals surface area (Å²) in [6, 6.07) is 2.10. The Balaban J connectivity index is 2.07. The Labute approximate surface area is 85.0 Å². The summed E-state index contributed by atoms with van der Waals surface area (Å²) in [6.45, 7) is 6.30. The van der Waals surface area contributed by atoms with E-state index in [0.717, 1.165) is 36.9 Å². The van der Waals surface area contributed by atoms with E-state index in [1.165, 1.54) is 12.1 Å². The van der Waals surface area contributed by atoms with Gasteiger partial charge in [0.05, 0.1) is 0 Å². The Kier molecular flexibility index (Phi) is 2.77. The first-order valence-corrected chi connectivity index (χ1v) is 5.26. The molecule has 1 aliphatic heterocycles. The maximum atomic E-state index is 4.46. The quantitative estimate of drug-likeness (QED) is 0.764. The number of hydrogen-bond donors (Lipinski definition) is 1. The smallest absolute Gasteiger partial charge is 0.125 e. The predicted octanol–water partition coefficient (Wildman–Crippen LogP) is 1.25. The fourth-order valence-corrected chi connectivity index (χ4v) is 2.08. The lowest BCUT2D eigenvalue weighted by atomic mass is 10.0. The molecule has 1 fully saturated rings. The van der Waals surface area contributed by atoms with Gasteiger partial charge in [-0.1, -0.05) is 0 Å². The molecule has 0 radical (unpaired) electrons. The van der Waals surface area contributed by atoms with Gasteiger partial charge in [0.1, 0.15) is 5.82 Å². The lowest BCUT2D eigenvalue weighted by Crippen LogP contribution is -2.12. The molecule has 0 bridgehead atoms. The van der Waals surface area contributed by atoms with Crippen molar-refractivity contribution in [3.05, 3.63) is 23.3 Å². The largest absolute Gasteiger partial charge is 0.316 e. The Morgan fingerprint density at radius 1 is 1.43 bits per heavy atom. The normalized spacial score (nSPS) is 21.4. The molecule has 3 heteroatoms. The van der Waals surface area contributed by atoms with Gasteiger partial charge in [0.2, 0.25) is 0 Å². The fourth-order valence-electron chi connectivity index (χ4n) is 2.08. The molecular formula is C11H17N3. The van der Waals surface area contributed by atoms with Crippen LogP contribution in [0, 0.1) is 19.8 Å². The average molecular weight is 191 g/mol. The van der Waals surface area contributed by atoms with Crippen molar-refractivity contribution in [3.8, 4) is 0 Å². The molecule has 2 rings (SSSR count). The second kappa shape index (κ2) is 4.05. The molecule has 1 aromatic heterocycles. The number of rotatable bonds is 2. The minimum absolute atomic E-state index is 0.767. The molecule has 0 aromatic carbocycles. The standard InChI is InChI=1S/C11H17N3/c1-8-5-11(14-9(2)13-8)6-10-3-4-12-7-10/h5,10,12H,3-4,6-7H2,1-2H3. The zero-order valence-corrected chi connectivity index (χ0v) is 8.88. The van der Waals surface area contributed by atoms with Crippen LogP contribution in [0.2, 0.25) is 0 Å². The van der Waals surface area contributed by atoms with Gasteiger partial charge < -0.3 is 5.32 Å². The van der Waals surface area contributed by atoms with Crippen molar-refractivity contribution in [2.24, 2.45) is 5.92 Å². The van der Waals surface area contributed by atoms with Crippen LogP contribution in [0.3, 0.4) is 0 Å². The molecule has 0 spiro atoms. The summed E-state index contributed by atoms with van der Waals surface area (Å²) in [5, 5.41) is 3.38. The van der Waals surface area contributed by atoms with Gasteiger partial charge in [-0.2, -0.15) is 0 Å². The van der Waals surface area contributed by atoms with E-state index in [0.29, 0.717) is 0 Å². The van der Waals surface area contributed by atoms with Gasteiger partial charge in [-0.15, -0.1) is 0 Å². The van der Waals surface area contributed by atoms with Crippen molar-refractivity contribution >= 4 is 0 Å². The predicted molar refractivity (Wildman–Crippen MR) is 56.2 cm³/mol. The second-order valence-electron chi connectivity index (χ2n) is 4.11. The molecule has 76 valence electrons. The Morgan fingerprint density at radius 3 is 2.93 bits per heavy atom. The summed E-state index contributed by atoms with van der Waals surface area (Å²) in [5.74, 6) is 1.66. The van der Waals surface area contributed by atoms with Crippen LogP contribution in [0.25, 0.3) is 0 Å². The summed E-state index contributed by atoms with van der Waals surface area (Å²) in [5.41, 5.74) is 2.28. The van der Waals surface area contributed by atoms with Gasteiger partial charge >= 0.3 is 0 Å². The van der Waals surface area contributed by atoms with Crippen molar-refractivity contribution in [3.63, 3.8) is 0 Å². The van der Waals surface area contributed by atoms with Gasteiger partial charge in [-0.3, -0.25) is 0 Å². The molecule has 3 nitrogen and oxygen atoms in total. The first kappa shape index (κ1) is 9.59. The highest BCUT2D eigenvalue weighted by Gasteiger charge is 2.15. The van der Waals surface area contributed by atoms with E-state index < -0.39 is 0 Å². The van der Waals surface area contributed by atoms with E-state index in [4.69, 9.17) is 0 Å². The first-order chi connectivity index (χ1) is 6.74. The molecule has 1 saturated heterocycles. The van der Waals surface area contributed by atoms with Crippen molar-refractivity contribution in [1.82, 2.24) is 15.3 Å². The summed E-state index contributed by atoms with van der Waals surface area (Å²) in [6.07, 6.45) is 2.37. The maximum Gasteiger partial charge on any atom is 0.125 e. The molecule has 1 aliphatic rings. The molecule has 1 unspecified atom stereocenters. The molecular weight excluding hydrogens is 174 g/mol. The molecule has 1 N–H and O–H groups in total. The van der Waals surface area contributed by atoms with Crippen LogP contribution < -0.4 is 5.32 Å². The van der Waals surface area contributed by atoms with Gasteiger partial charge in [-0.05, 0) is 51.8 Å². The molecule has 0 saturated carbocycles. The highest BCUT2D eigenvalue weighted by atomic mass is 14.9. The maximum absolute atomic E-state index is 4.46. The minimum Gasteiger partial charge on any atom is -0.316 e. The summed E-state index contributed by atoms with van der Waals surface area (Å²) >= 11 is 0. The van der Waals surface area contributed by atoms with E-state index in [-0.39, 0.29) is 0 Å². The highest BCUT2D eigenvalue weighted by Crippen LogP contribution is 2.14. The number of aryl methyl sites for hydroxylation is 2. The van der Waals surface area contributed by atoms with Gasteiger partial charge in [-0.25, -0.2) is 9.97 Å².